The molecule has 0 bridgehead atoms. The molecule has 1 aromatic carbocycles. The van der Waals surface area contributed by atoms with Crippen molar-refractivity contribution in [1.82, 2.24) is 4.98 Å². The molecule has 0 aliphatic heterocycles. The number of carboxylic acids is 1. The second-order valence-electron chi connectivity index (χ2n) is 4.75. The molecule has 1 saturated carbocycles. The maximum atomic E-state index is 11.4. The summed E-state index contributed by atoms with van der Waals surface area (Å²) in [4.78, 5) is 15.6. The standard InChI is InChI=1S/C14H14N2O2/c17-13(18)14(7-3-8-14)16-12-11-5-2-1-4-10(11)6-9-15-12/h1-2,4-6,9H,3,7-8H2,(H,15,16)(H,17,18). The van der Waals surface area contributed by atoms with Gasteiger partial charge in [-0.1, -0.05) is 24.3 Å². The predicted octanol–water partition coefficient (Wildman–Crippen LogP) is 2.65. The summed E-state index contributed by atoms with van der Waals surface area (Å²) < 4.78 is 0. The van der Waals surface area contributed by atoms with Crippen molar-refractivity contribution in [3.05, 3.63) is 36.5 Å². The first-order valence-corrected chi connectivity index (χ1v) is 6.07. The Balaban J connectivity index is 2.02. The number of pyridine rings is 1. The molecule has 18 heavy (non-hydrogen) atoms. The van der Waals surface area contributed by atoms with Crippen LogP contribution in [0.15, 0.2) is 36.5 Å². The number of anilines is 1. The van der Waals surface area contributed by atoms with E-state index in [2.05, 4.69) is 10.3 Å². The summed E-state index contributed by atoms with van der Waals surface area (Å²) in [6, 6.07) is 9.77. The van der Waals surface area contributed by atoms with E-state index in [1.165, 1.54) is 0 Å². The van der Waals surface area contributed by atoms with Gasteiger partial charge in [-0.25, -0.2) is 9.78 Å². The first-order valence-electron chi connectivity index (χ1n) is 6.07. The maximum absolute atomic E-state index is 11.4. The van der Waals surface area contributed by atoms with E-state index in [0.717, 1.165) is 17.2 Å². The molecule has 4 nitrogen and oxygen atoms in total. The molecule has 0 amide bonds. The summed E-state index contributed by atoms with van der Waals surface area (Å²) in [5.74, 6) is -0.126. The lowest BCUT2D eigenvalue weighted by Crippen LogP contribution is -2.52. The van der Waals surface area contributed by atoms with Crippen molar-refractivity contribution in [3.8, 4) is 0 Å². The SMILES string of the molecule is O=C(O)C1(Nc2nccc3ccccc23)CCC1. The Kier molecular flexibility index (Phi) is 2.44. The monoisotopic (exact) mass is 242 g/mol. The van der Waals surface area contributed by atoms with Crippen LogP contribution in [0.1, 0.15) is 19.3 Å². The number of nitrogens with zero attached hydrogens (tertiary/aromatic N) is 1. The minimum atomic E-state index is -0.822. The van der Waals surface area contributed by atoms with Crippen molar-refractivity contribution >= 4 is 22.6 Å². The number of aromatic nitrogens is 1. The molecule has 0 radical (unpaired) electrons. The van der Waals surface area contributed by atoms with Crippen LogP contribution in [-0.2, 0) is 4.79 Å². The Bertz CT molecular complexity index is 600. The van der Waals surface area contributed by atoms with Crippen LogP contribution in [0, 0.1) is 0 Å². The van der Waals surface area contributed by atoms with Crippen LogP contribution < -0.4 is 5.32 Å². The van der Waals surface area contributed by atoms with Crippen LogP contribution in [0.2, 0.25) is 0 Å². The zero-order valence-corrected chi connectivity index (χ0v) is 9.89. The zero-order valence-electron chi connectivity index (χ0n) is 9.89. The van der Waals surface area contributed by atoms with Crippen molar-refractivity contribution in [2.75, 3.05) is 5.32 Å². The molecular formula is C14H14N2O2. The van der Waals surface area contributed by atoms with E-state index < -0.39 is 11.5 Å². The van der Waals surface area contributed by atoms with Crippen LogP contribution in [0.25, 0.3) is 10.8 Å². The molecule has 0 unspecified atom stereocenters. The minimum absolute atomic E-state index is 0.660. The van der Waals surface area contributed by atoms with Crippen LogP contribution in [-0.4, -0.2) is 21.6 Å². The molecule has 1 aliphatic rings. The molecule has 2 N–H and O–H groups in total. The van der Waals surface area contributed by atoms with Gasteiger partial charge in [0.15, 0.2) is 0 Å². The molecule has 1 aliphatic carbocycles. The molecule has 0 atom stereocenters. The third-order valence-electron chi connectivity index (χ3n) is 3.65. The smallest absolute Gasteiger partial charge is 0.329 e. The Hall–Kier alpha value is -2.10. The number of benzene rings is 1. The highest BCUT2D eigenvalue weighted by Gasteiger charge is 2.44. The van der Waals surface area contributed by atoms with Crippen LogP contribution >= 0.6 is 0 Å². The molecule has 1 heterocycles. The summed E-state index contributed by atoms with van der Waals surface area (Å²) in [5.41, 5.74) is -0.822. The number of fused-ring (bicyclic) bond motifs is 1. The molecule has 0 spiro atoms. The number of hydrogen-bond acceptors (Lipinski definition) is 3. The average molecular weight is 242 g/mol. The Morgan fingerprint density at radius 1 is 1.28 bits per heavy atom. The van der Waals surface area contributed by atoms with Crippen molar-refractivity contribution in [2.24, 2.45) is 0 Å². The predicted molar refractivity (Wildman–Crippen MR) is 69.6 cm³/mol. The van der Waals surface area contributed by atoms with E-state index in [-0.39, 0.29) is 0 Å². The summed E-state index contributed by atoms with van der Waals surface area (Å²) in [7, 11) is 0. The number of nitrogens with one attached hydrogen (secondary N) is 1. The van der Waals surface area contributed by atoms with Gasteiger partial charge in [-0.15, -0.1) is 0 Å². The van der Waals surface area contributed by atoms with Gasteiger partial charge < -0.3 is 10.4 Å². The fourth-order valence-electron chi connectivity index (χ4n) is 2.37. The Morgan fingerprint density at radius 2 is 2.06 bits per heavy atom. The molecule has 0 saturated heterocycles. The van der Waals surface area contributed by atoms with Crippen molar-refractivity contribution in [3.63, 3.8) is 0 Å². The lowest BCUT2D eigenvalue weighted by molar-refractivity contribution is -0.145. The number of rotatable bonds is 3. The summed E-state index contributed by atoms with van der Waals surface area (Å²) in [6.45, 7) is 0. The van der Waals surface area contributed by atoms with Gasteiger partial charge in [-0.3, -0.25) is 0 Å². The second-order valence-corrected chi connectivity index (χ2v) is 4.75. The Labute approximate surface area is 105 Å². The molecule has 4 heteroatoms. The third-order valence-corrected chi connectivity index (χ3v) is 3.65. The summed E-state index contributed by atoms with van der Waals surface area (Å²) in [5, 5.41) is 14.5. The van der Waals surface area contributed by atoms with E-state index in [4.69, 9.17) is 0 Å². The molecule has 1 aromatic heterocycles. The zero-order chi connectivity index (χ0) is 12.6. The largest absolute Gasteiger partial charge is 0.480 e. The van der Waals surface area contributed by atoms with Crippen molar-refractivity contribution < 1.29 is 9.90 Å². The molecule has 1 fully saturated rings. The van der Waals surface area contributed by atoms with Crippen LogP contribution in [0.5, 0.6) is 0 Å². The van der Waals surface area contributed by atoms with Gasteiger partial charge in [0.05, 0.1) is 0 Å². The van der Waals surface area contributed by atoms with E-state index in [1.54, 1.807) is 6.20 Å². The second kappa shape index (κ2) is 3.98. The van der Waals surface area contributed by atoms with Gasteiger partial charge in [0.25, 0.3) is 0 Å². The fraction of sp³-hybridized carbons (Fsp3) is 0.286. The number of carboxylic acid groups (broad SMARTS) is 1. The number of aliphatic carboxylic acids is 1. The lowest BCUT2D eigenvalue weighted by Gasteiger charge is -2.38. The van der Waals surface area contributed by atoms with Crippen LogP contribution in [0.4, 0.5) is 5.82 Å². The normalized spacial score (nSPS) is 17.1. The Morgan fingerprint density at radius 3 is 2.72 bits per heavy atom. The van der Waals surface area contributed by atoms with Crippen LogP contribution in [0.3, 0.4) is 0 Å². The molecule has 2 aromatic rings. The first kappa shape index (κ1) is 11.0. The highest BCUT2D eigenvalue weighted by atomic mass is 16.4. The maximum Gasteiger partial charge on any atom is 0.329 e. The highest BCUT2D eigenvalue weighted by molar-refractivity contribution is 5.94. The number of hydrogen-bond donors (Lipinski definition) is 2. The van der Waals surface area contributed by atoms with Gasteiger partial charge in [0.1, 0.15) is 11.4 Å². The van der Waals surface area contributed by atoms with Gasteiger partial charge in [-0.05, 0) is 30.7 Å². The lowest BCUT2D eigenvalue weighted by atomic mass is 9.76. The molecule has 3 rings (SSSR count). The van der Waals surface area contributed by atoms with Gasteiger partial charge >= 0.3 is 5.97 Å². The van der Waals surface area contributed by atoms with Gasteiger partial charge in [0.2, 0.25) is 0 Å². The summed E-state index contributed by atoms with van der Waals surface area (Å²) in [6.07, 6.45) is 3.98. The third kappa shape index (κ3) is 1.61. The van der Waals surface area contributed by atoms with Crippen molar-refractivity contribution in [1.29, 1.82) is 0 Å². The minimum Gasteiger partial charge on any atom is -0.480 e. The first-order chi connectivity index (χ1) is 8.71. The topological polar surface area (TPSA) is 62.2 Å². The van der Waals surface area contributed by atoms with E-state index >= 15 is 0 Å². The van der Waals surface area contributed by atoms with Gasteiger partial charge in [0, 0.05) is 11.6 Å². The highest BCUT2D eigenvalue weighted by Crippen LogP contribution is 2.36. The van der Waals surface area contributed by atoms with E-state index in [9.17, 15) is 9.90 Å². The van der Waals surface area contributed by atoms with Gasteiger partial charge in [-0.2, -0.15) is 0 Å². The average Bonchev–Trinajstić information content (AvgIpc) is 2.33. The number of carbonyl (C=O) groups is 1. The summed E-state index contributed by atoms with van der Waals surface area (Å²) >= 11 is 0. The fourth-order valence-corrected chi connectivity index (χ4v) is 2.37. The molecule has 92 valence electrons. The van der Waals surface area contributed by atoms with E-state index in [0.29, 0.717) is 18.7 Å². The van der Waals surface area contributed by atoms with Crippen molar-refractivity contribution in [2.45, 2.75) is 24.8 Å². The molecular weight excluding hydrogens is 228 g/mol. The quantitative estimate of drug-likeness (QED) is 0.868. The van der Waals surface area contributed by atoms with E-state index in [1.807, 2.05) is 30.3 Å².